The minimum atomic E-state index is -0.724. The van der Waals surface area contributed by atoms with E-state index in [4.69, 9.17) is 10.4 Å². The van der Waals surface area contributed by atoms with Crippen LogP contribution in [0.4, 0.5) is 0 Å². The summed E-state index contributed by atoms with van der Waals surface area (Å²) in [7, 11) is 0. The normalized spacial score (nSPS) is 11.0. The van der Waals surface area contributed by atoms with Crippen molar-refractivity contribution in [2.24, 2.45) is 0 Å². The Balaban J connectivity index is 2.96. The van der Waals surface area contributed by atoms with E-state index in [1.165, 1.54) is 38.5 Å². The lowest BCUT2D eigenvalue weighted by Gasteiger charge is -2.04. The van der Waals surface area contributed by atoms with E-state index in [-0.39, 0.29) is 6.42 Å². The van der Waals surface area contributed by atoms with Crippen LogP contribution >= 0.6 is 0 Å². The van der Waals surface area contributed by atoms with Crippen molar-refractivity contribution < 1.29 is 35.2 Å². The lowest BCUT2D eigenvalue weighted by atomic mass is 10.1. The van der Waals surface area contributed by atoms with Crippen molar-refractivity contribution >= 4 is 5.97 Å². The first-order valence-corrected chi connectivity index (χ1v) is 8.46. The summed E-state index contributed by atoms with van der Waals surface area (Å²) in [5.41, 5.74) is 0. The van der Waals surface area contributed by atoms with Gasteiger partial charge in [0, 0.05) is 6.42 Å². The highest BCUT2D eigenvalue weighted by atomic mass is 17.8. The Kier molecular flexibility index (Phi) is 18.6. The summed E-state index contributed by atoms with van der Waals surface area (Å²) in [5, 5.41) is 30.4. The van der Waals surface area contributed by atoms with Gasteiger partial charge in [0.2, 0.25) is 0 Å². The zero-order valence-electron chi connectivity index (χ0n) is 13.8. The van der Waals surface area contributed by atoms with Crippen LogP contribution in [-0.2, 0) is 24.8 Å². The molecule has 0 amide bonds. The largest absolute Gasteiger partial charge is 0.481 e. The van der Waals surface area contributed by atoms with E-state index < -0.39 is 5.97 Å². The van der Waals surface area contributed by atoms with E-state index in [0.717, 1.165) is 32.4 Å². The molecule has 0 saturated carbocycles. The molecule has 8 heteroatoms. The fourth-order valence-corrected chi connectivity index (χ4v) is 2.20. The quantitative estimate of drug-likeness (QED) is 0.187. The zero-order chi connectivity index (χ0) is 17.0. The fraction of sp³-hybridized carbons (Fsp3) is 0.933. The molecular weight excluding hydrogens is 306 g/mol. The molecule has 3 N–H and O–H groups in total. The third kappa shape index (κ3) is 21.2. The van der Waals surface area contributed by atoms with Crippen molar-refractivity contribution in [1.29, 1.82) is 0 Å². The van der Waals surface area contributed by atoms with Gasteiger partial charge in [-0.3, -0.25) is 4.79 Å². The third-order valence-electron chi connectivity index (χ3n) is 3.43. The highest BCUT2D eigenvalue weighted by Crippen LogP contribution is 2.09. The molecule has 0 aromatic heterocycles. The Morgan fingerprint density at radius 3 is 1.96 bits per heavy atom. The van der Waals surface area contributed by atoms with Gasteiger partial charge in [0.1, 0.15) is 0 Å². The Hall–Kier alpha value is -0.770. The predicted molar refractivity (Wildman–Crippen MR) is 83.1 cm³/mol. The lowest BCUT2D eigenvalue weighted by Crippen LogP contribution is -2.17. The van der Waals surface area contributed by atoms with Crippen LogP contribution in [0.1, 0.15) is 70.6 Å². The highest BCUT2D eigenvalue weighted by Gasteiger charge is 1.96. The van der Waals surface area contributed by atoms with E-state index in [1.807, 2.05) is 0 Å². The molecule has 0 aromatic carbocycles. The molecule has 0 spiro atoms. The summed E-state index contributed by atoms with van der Waals surface area (Å²) < 4.78 is 0. The molecule has 0 unspecified atom stereocenters. The maximum atomic E-state index is 10.3. The monoisotopic (exact) mass is 337 g/mol. The van der Waals surface area contributed by atoms with E-state index in [1.54, 1.807) is 0 Å². The van der Waals surface area contributed by atoms with Crippen LogP contribution in [0.3, 0.4) is 0 Å². The first kappa shape index (κ1) is 22.2. The number of carboxylic acid groups (broad SMARTS) is 1. The third-order valence-corrected chi connectivity index (χ3v) is 3.43. The van der Waals surface area contributed by atoms with Gasteiger partial charge in [-0.15, -0.1) is 0 Å². The Labute approximate surface area is 137 Å². The van der Waals surface area contributed by atoms with Crippen LogP contribution in [0.5, 0.6) is 0 Å². The van der Waals surface area contributed by atoms with Crippen LogP contribution in [-0.4, -0.2) is 36.0 Å². The van der Waals surface area contributed by atoms with Gasteiger partial charge in [0.15, 0.2) is 0 Å². The topological polar surface area (TPSA) is 106 Å². The maximum absolute atomic E-state index is 10.3. The van der Waals surface area contributed by atoms with Crippen molar-refractivity contribution in [2.75, 3.05) is 19.7 Å². The molecule has 8 nitrogen and oxygen atoms in total. The number of carboxylic acids is 1. The Morgan fingerprint density at radius 1 is 0.783 bits per heavy atom. The van der Waals surface area contributed by atoms with Gasteiger partial charge < -0.3 is 10.4 Å². The minimum absolute atomic E-state index is 0.247. The Morgan fingerprint density at radius 2 is 1.35 bits per heavy atom. The van der Waals surface area contributed by atoms with Crippen molar-refractivity contribution in [3.63, 3.8) is 0 Å². The number of hydrogen-bond acceptors (Lipinski definition) is 7. The van der Waals surface area contributed by atoms with Crippen molar-refractivity contribution in [3.05, 3.63) is 0 Å². The van der Waals surface area contributed by atoms with Crippen LogP contribution in [0.25, 0.3) is 0 Å². The van der Waals surface area contributed by atoms with Crippen LogP contribution < -0.4 is 5.32 Å². The molecule has 0 aliphatic carbocycles. The molecular formula is C15H31NO7. The van der Waals surface area contributed by atoms with Crippen molar-refractivity contribution in [1.82, 2.24) is 5.32 Å². The molecule has 138 valence electrons. The summed E-state index contributed by atoms with van der Waals surface area (Å²) in [6, 6.07) is 0. The van der Waals surface area contributed by atoms with E-state index in [2.05, 4.69) is 25.3 Å². The van der Waals surface area contributed by atoms with E-state index in [0.29, 0.717) is 13.0 Å². The van der Waals surface area contributed by atoms with Gasteiger partial charge in [-0.1, -0.05) is 44.9 Å². The molecule has 0 atom stereocenters. The SMILES string of the molecule is O=C(O)CCCNCCCCCCCCCCCOOOOO. The van der Waals surface area contributed by atoms with Crippen molar-refractivity contribution in [2.45, 2.75) is 70.6 Å². The summed E-state index contributed by atoms with van der Waals surface area (Å²) in [6.07, 6.45) is 11.5. The summed E-state index contributed by atoms with van der Waals surface area (Å²) in [4.78, 5) is 14.9. The number of carbonyl (C=O) groups is 1. The first-order valence-electron chi connectivity index (χ1n) is 8.46. The number of hydrogen-bond donors (Lipinski definition) is 3. The fourth-order valence-electron chi connectivity index (χ4n) is 2.20. The Bertz CT molecular complexity index is 254. The van der Waals surface area contributed by atoms with Crippen LogP contribution in [0.2, 0.25) is 0 Å². The molecule has 0 aromatic rings. The van der Waals surface area contributed by atoms with Gasteiger partial charge in [-0.2, -0.15) is 0 Å². The van der Waals surface area contributed by atoms with Gasteiger partial charge >= 0.3 is 5.97 Å². The second kappa shape index (κ2) is 19.3. The highest BCUT2D eigenvalue weighted by molar-refractivity contribution is 5.66. The summed E-state index contributed by atoms with van der Waals surface area (Å²) in [5.74, 6) is -0.724. The molecule has 0 radical (unpaired) electrons. The summed E-state index contributed by atoms with van der Waals surface area (Å²) in [6.45, 7) is 2.18. The lowest BCUT2D eigenvalue weighted by molar-refractivity contribution is -0.702. The number of aliphatic carboxylic acids is 1. The average molecular weight is 337 g/mol. The number of unbranched alkanes of at least 4 members (excludes halogenated alkanes) is 8. The molecule has 0 aliphatic heterocycles. The molecule has 0 rings (SSSR count). The summed E-state index contributed by atoms with van der Waals surface area (Å²) >= 11 is 0. The maximum Gasteiger partial charge on any atom is 0.303 e. The molecule has 0 saturated heterocycles. The molecule has 0 aliphatic rings. The van der Waals surface area contributed by atoms with Gasteiger partial charge in [0.05, 0.1) is 6.61 Å². The van der Waals surface area contributed by atoms with Gasteiger partial charge in [0.25, 0.3) is 0 Å². The number of nitrogens with one attached hydrogen (secondary N) is 1. The molecule has 0 bridgehead atoms. The standard InChI is InChI=1S/C15H31NO7/c17-15(18)11-10-13-16-12-8-6-4-2-1-3-5-7-9-14-20-22-23-21-19/h16,19H,1-14H2,(H,17,18). The van der Waals surface area contributed by atoms with E-state index in [9.17, 15) is 4.79 Å². The average Bonchev–Trinajstić information content (AvgIpc) is 2.53. The molecule has 23 heavy (non-hydrogen) atoms. The van der Waals surface area contributed by atoms with E-state index >= 15 is 0 Å². The molecule has 0 fully saturated rings. The second-order valence-corrected chi connectivity index (χ2v) is 5.46. The van der Waals surface area contributed by atoms with Gasteiger partial charge in [-0.05, 0) is 47.5 Å². The minimum Gasteiger partial charge on any atom is -0.481 e. The zero-order valence-corrected chi connectivity index (χ0v) is 13.8. The van der Waals surface area contributed by atoms with Crippen LogP contribution in [0.15, 0.2) is 0 Å². The molecule has 0 heterocycles. The first-order chi connectivity index (χ1) is 11.3. The van der Waals surface area contributed by atoms with Crippen molar-refractivity contribution in [3.8, 4) is 0 Å². The smallest absolute Gasteiger partial charge is 0.303 e. The van der Waals surface area contributed by atoms with Gasteiger partial charge in [-0.25, -0.2) is 10.1 Å². The predicted octanol–water partition coefficient (Wildman–Crippen LogP) is 3.24. The van der Waals surface area contributed by atoms with Crippen LogP contribution in [0, 0.1) is 0 Å². The number of rotatable bonds is 19. The second-order valence-electron chi connectivity index (χ2n) is 5.46.